The average Bonchev–Trinajstić information content (AvgIpc) is 2.82. The van der Waals surface area contributed by atoms with Crippen molar-refractivity contribution < 1.29 is 19.1 Å². The number of rotatable bonds is 15. The Balaban J connectivity index is 1.99. The summed E-state index contributed by atoms with van der Waals surface area (Å²) in [6.45, 7) is 9.70. The van der Waals surface area contributed by atoms with Crippen LogP contribution in [0.3, 0.4) is 0 Å². The monoisotopic (exact) mass is 466 g/mol. The molecule has 186 valence electrons. The fourth-order valence-electron chi connectivity index (χ4n) is 3.94. The largest absolute Gasteiger partial charge is 0.462 e. The summed E-state index contributed by atoms with van der Waals surface area (Å²) in [6.07, 6.45) is 8.53. The van der Waals surface area contributed by atoms with Crippen molar-refractivity contribution in [2.75, 3.05) is 13.2 Å². The smallest absolute Gasteiger partial charge is 0.338 e. The standard InChI is InChI=1S/C30H42O4/c1-23(2)15-7-5-13-21-33-29(31)27-19-11-9-17-25(27)26-18-10-12-20-28(26)30(32)34-22-14-6-8-16-24(3)4/h9-12,17-20,23-24H,5-8,13-16,21-22H2,1-4H3. The zero-order chi connectivity index (χ0) is 24.8. The van der Waals surface area contributed by atoms with Gasteiger partial charge in [0.15, 0.2) is 0 Å². The zero-order valence-electron chi connectivity index (χ0n) is 21.5. The molecule has 0 saturated heterocycles. The number of hydrogen-bond donors (Lipinski definition) is 0. The van der Waals surface area contributed by atoms with E-state index in [-0.39, 0.29) is 11.9 Å². The lowest BCUT2D eigenvalue weighted by Gasteiger charge is -2.13. The molecule has 4 nitrogen and oxygen atoms in total. The number of ether oxygens (including phenoxy) is 2. The van der Waals surface area contributed by atoms with Crippen LogP contribution in [-0.2, 0) is 9.47 Å². The molecule has 0 amide bonds. The minimum Gasteiger partial charge on any atom is -0.462 e. The third-order valence-electron chi connectivity index (χ3n) is 5.90. The molecule has 2 aromatic rings. The van der Waals surface area contributed by atoms with E-state index in [1.54, 1.807) is 12.1 Å². The SMILES string of the molecule is CC(C)CCCCCOC(=O)c1ccccc1-c1ccccc1C(=O)OCCCCCC(C)C. The fourth-order valence-corrected chi connectivity index (χ4v) is 3.94. The Kier molecular flexibility index (Phi) is 12.4. The highest BCUT2D eigenvalue weighted by Gasteiger charge is 2.19. The fraction of sp³-hybridized carbons (Fsp3) is 0.533. The number of carbonyl (C=O) groups excluding carboxylic acids is 2. The first-order chi connectivity index (χ1) is 16.4. The highest BCUT2D eigenvalue weighted by atomic mass is 16.5. The maximum atomic E-state index is 12.8. The molecule has 0 unspecified atom stereocenters. The van der Waals surface area contributed by atoms with Crippen LogP contribution in [0.5, 0.6) is 0 Å². The van der Waals surface area contributed by atoms with Crippen LogP contribution >= 0.6 is 0 Å². The van der Waals surface area contributed by atoms with E-state index in [2.05, 4.69) is 27.7 Å². The second kappa shape index (κ2) is 15.3. The Labute approximate surface area is 206 Å². The van der Waals surface area contributed by atoms with Crippen molar-refractivity contribution in [1.82, 2.24) is 0 Å². The maximum Gasteiger partial charge on any atom is 0.338 e. The molecular formula is C30H42O4. The molecule has 0 aliphatic heterocycles. The number of hydrogen-bond acceptors (Lipinski definition) is 4. The predicted octanol–water partition coefficient (Wildman–Crippen LogP) is 8.10. The van der Waals surface area contributed by atoms with Crippen molar-refractivity contribution in [3.05, 3.63) is 59.7 Å². The molecule has 0 radical (unpaired) electrons. The molecular weight excluding hydrogens is 424 g/mol. The van der Waals surface area contributed by atoms with Crippen LogP contribution in [0.25, 0.3) is 11.1 Å². The minimum atomic E-state index is -0.354. The Bertz CT molecular complexity index is 811. The molecule has 0 saturated carbocycles. The van der Waals surface area contributed by atoms with Crippen molar-refractivity contribution in [1.29, 1.82) is 0 Å². The summed E-state index contributed by atoms with van der Waals surface area (Å²) in [5.41, 5.74) is 2.32. The third-order valence-corrected chi connectivity index (χ3v) is 5.90. The molecule has 0 aliphatic rings. The highest BCUT2D eigenvalue weighted by Crippen LogP contribution is 2.28. The molecule has 4 heteroatoms. The van der Waals surface area contributed by atoms with Gasteiger partial charge >= 0.3 is 11.9 Å². The van der Waals surface area contributed by atoms with Crippen molar-refractivity contribution in [3.8, 4) is 11.1 Å². The van der Waals surface area contributed by atoms with Gasteiger partial charge in [0.1, 0.15) is 0 Å². The molecule has 0 atom stereocenters. The lowest BCUT2D eigenvalue weighted by molar-refractivity contribution is 0.0486. The number of unbranched alkanes of at least 4 members (excludes halogenated alkanes) is 4. The Morgan fingerprint density at radius 3 is 1.35 bits per heavy atom. The molecule has 34 heavy (non-hydrogen) atoms. The van der Waals surface area contributed by atoms with Gasteiger partial charge in [0.05, 0.1) is 24.3 Å². The summed E-state index contributed by atoms with van der Waals surface area (Å²) < 4.78 is 11.1. The van der Waals surface area contributed by atoms with E-state index in [4.69, 9.17) is 9.47 Å². The van der Waals surface area contributed by atoms with Gasteiger partial charge in [-0.15, -0.1) is 0 Å². The van der Waals surface area contributed by atoms with E-state index in [0.29, 0.717) is 47.3 Å². The summed E-state index contributed by atoms with van der Waals surface area (Å²) in [7, 11) is 0. The van der Waals surface area contributed by atoms with Crippen molar-refractivity contribution in [2.24, 2.45) is 11.8 Å². The summed E-state index contributed by atoms with van der Waals surface area (Å²) in [5, 5.41) is 0. The van der Waals surface area contributed by atoms with Gasteiger partial charge in [0.2, 0.25) is 0 Å². The molecule has 0 fully saturated rings. The highest BCUT2D eigenvalue weighted by molar-refractivity contribution is 6.03. The van der Waals surface area contributed by atoms with Crippen LogP contribution in [-0.4, -0.2) is 25.2 Å². The Morgan fingerprint density at radius 1 is 0.588 bits per heavy atom. The van der Waals surface area contributed by atoms with Crippen molar-refractivity contribution >= 4 is 11.9 Å². The molecule has 0 N–H and O–H groups in total. The molecule has 0 bridgehead atoms. The van der Waals surface area contributed by atoms with E-state index in [1.807, 2.05) is 36.4 Å². The van der Waals surface area contributed by atoms with Crippen molar-refractivity contribution in [3.63, 3.8) is 0 Å². The normalized spacial score (nSPS) is 11.1. The summed E-state index contributed by atoms with van der Waals surface area (Å²) >= 11 is 0. The zero-order valence-corrected chi connectivity index (χ0v) is 21.5. The number of esters is 2. The number of benzene rings is 2. The van der Waals surface area contributed by atoms with Crippen LogP contribution < -0.4 is 0 Å². The van der Waals surface area contributed by atoms with Gasteiger partial charge in [-0.05, 0) is 47.9 Å². The first kappa shape index (κ1) is 27.6. The lowest BCUT2D eigenvalue weighted by atomic mass is 9.95. The van der Waals surface area contributed by atoms with Gasteiger partial charge in [-0.3, -0.25) is 0 Å². The summed E-state index contributed by atoms with van der Waals surface area (Å²) in [6, 6.07) is 14.6. The van der Waals surface area contributed by atoms with Gasteiger partial charge in [0.25, 0.3) is 0 Å². The van der Waals surface area contributed by atoms with Crippen LogP contribution in [0.15, 0.2) is 48.5 Å². The first-order valence-corrected chi connectivity index (χ1v) is 12.9. The van der Waals surface area contributed by atoms with Gasteiger partial charge in [-0.2, -0.15) is 0 Å². The summed E-state index contributed by atoms with van der Waals surface area (Å²) in [4.78, 5) is 25.7. The molecule has 0 heterocycles. The second-order valence-electron chi connectivity index (χ2n) is 9.85. The Morgan fingerprint density at radius 2 is 0.971 bits per heavy atom. The van der Waals surface area contributed by atoms with Gasteiger partial charge in [-0.25, -0.2) is 9.59 Å². The van der Waals surface area contributed by atoms with Gasteiger partial charge in [-0.1, -0.05) is 103 Å². The quantitative estimate of drug-likeness (QED) is 0.196. The molecule has 0 aromatic heterocycles. The van der Waals surface area contributed by atoms with E-state index in [9.17, 15) is 9.59 Å². The van der Waals surface area contributed by atoms with Gasteiger partial charge < -0.3 is 9.47 Å². The van der Waals surface area contributed by atoms with Crippen LogP contribution in [0.4, 0.5) is 0 Å². The van der Waals surface area contributed by atoms with E-state index in [0.717, 1.165) is 38.5 Å². The van der Waals surface area contributed by atoms with E-state index >= 15 is 0 Å². The van der Waals surface area contributed by atoms with Crippen LogP contribution in [0, 0.1) is 11.8 Å². The van der Waals surface area contributed by atoms with Crippen molar-refractivity contribution in [2.45, 2.75) is 79.1 Å². The van der Waals surface area contributed by atoms with Crippen LogP contribution in [0.2, 0.25) is 0 Å². The van der Waals surface area contributed by atoms with Gasteiger partial charge in [0, 0.05) is 0 Å². The molecule has 0 aliphatic carbocycles. The van der Waals surface area contributed by atoms with E-state index < -0.39 is 0 Å². The van der Waals surface area contributed by atoms with E-state index in [1.165, 1.54) is 12.8 Å². The molecule has 2 rings (SSSR count). The second-order valence-corrected chi connectivity index (χ2v) is 9.85. The Hall–Kier alpha value is -2.62. The topological polar surface area (TPSA) is 52.6 Å². The first-order valence-electron chi connectivity index (χ1n) is 12.9. The lowest BCUT2D eigenvalue weighted by Crippen LogP contribution is -2.11. The number of carbonyl (C=O) groups is 2. The molecule has 2 aromatic carbocycles. The summed E-state index contributed by atoms with van der Waals surface area (Å²) in [5.74, 6) is 0.692. The minimum absolute atomic E-state index is 0.354. The average molecular weight is 467 g/mol. The third kappa shape index (κ3) is 9.70. The molecule has 0 spiro atoms. The predicted molar refractivity (Wildman–Crippen MR) is 139 cm³/mol. The van der Waals surface area contributed by atoms with Crippen LogP contribution in [0.1, 0.15) is 99.8 Å². The maximum absolute atomic E-state index is 12.8.